The van der Waals surface area contributed by atoms with E-state index in [4.69, 9.17) is 0 Å². The van der Waals surface area contributed by atoms with E-state index in [9.17, 15) is 4.79 Å². The van der Waals surface area contributed by atoms with E-state index >= 15 is 0 Å². The van der Waals surface area contributed by atoms with Crippen LogP contribution in [0.2, 0.25) is 0 Å². The molecule has 5 heteroatoms. The molecule has 1 aliphatic carbocycles. The molecule has 3 aromatic rings. The predicted molar refractivity (Wildman–Crippen MR) is 186 cm³/mol. The van der Waals surface area contributed by atoms with Crippen LogP contribution in [0.25, 0.3) is 6.08 Å². The quantitative estimate of drug-likeness (QED) is 0.244. The molecule has 5 rings (SSSR count). The fraction of sp³-hybridized carbons (Fsp3) is 0.432. The topological polar surface area (TPSA) is 53.2 Å². The Balaban J connectivity index is 0.00000124. The Hall–Kier alpha value is -2.94. The van der Waals surface area contributed by atoms with Crippen molar-refractivity contribution in [3.05, 3.63) is 106 Å². The van der Waals surface area contributed by atoms with Gasteiger partial charge in [0, 0.05) is 7.12 Å². The van der Waals surface area contributed by atoms with Crippen molar-refractivity contribution in [2.24, 2.45) is 11.3 Å². The first-order chi connectivity index (χ1) is 20.4. The van der Waals surface area contributed by atoms with Crippen LogP contribution < -0.4 is 21.3 Å². The van der Waals surface area contributed by atoms with Gasteiger partial charge in [-0.15, -0.1) is 9.24 Å². The molecule has 3 atom stereocenters. The summed E-state index contributed by atoms with van der Waals surface area (Å²) in [5, 5.41) is 11.8. The maximum Gasteiger partial charge on any atom is 0.227 e. The summed E-state index contributed by atoms with van der Waals surface area (Å²) >= 11 is 0. The van der Waals surface area contributed by atoms with Gasteiger partial charge in [0.25, 0.3) is 0 Å². The first kappa shape index (κ1) is 33.6. The van der Waals surface area contributed by atoms with Gasteiger partial charge in [-0.05, 0) is 104 Å². The molecular formula is C37H54N3OP. The number of rotatable bonds is 7. The van der Waals surface area contributed by atoms with Crippen LogP contribution in [0.1, 0.15) is 102 Å². The van der Waals surface area contributed by atoms with Crippen molar-refractivity contribution in [2.45, 2.75) is 85.9 Å². The maximum absolute atomic E-state index is 14.0. The van der Waals surface area contributed by atoms with Gasteiger partial charge in [0.05, 0.1) is 11.5 Å². The van der Waals surface area contributed by atoms with E-state index in [0.29, 0.717) is 5.92 Å². The number of benzene rings is 3. The summed E-state index contributed by atoms with van der Waals surface area (Å²) in [4.78, 5) is 14.0. The van der Waals surface area contributed by atoms with Gasteiger partial charge in [0.2, 0.25) is 5.91 Å². The molecular weight excluding hydrogens is 533 g/mol. The molecule has 1 heterocycles. The minimum absolute atomic E-state index is 0. The Kier molecular flexibility index (Phi) is 12.8. The molecule has 4 nitrogen and oxygen atoms in total. The van der Waals surface area contributed by atoms with Crippen molar-refractivity contribution in [3.8, 4) is 0 Å². The molecule has 0 aromatic heterocycles. The van der Waals surface area contributed by atoms with Crippen molar-refractivity contribution < 1.29 is 6.22 Å². The summed E-state index contributed by atoms with van der Waals surface area (Å²) in [5.41, 5.74) is 7.13. The number of hydrogen-bond donors (Lipinski definition) is 3. The average Bonchev–Trinajstić information content (AvgIpc) is 3.04. The van der Waals surface area contributed by atoms with Gasteiger partial charge in [-0.3, -0.25) is 10.1 Å². The van der Waals surface area contributed by atoms with E-state index in [0.717, 1.165) is 37.7 Å². The van der Waals surface area contributed by atoms with Gasteiger partial charge in [0.1, 0.15) is 6.17 Å². The molecule has 2 unspecified atom stereocenters. The number of amides is 1. The molecule has 3 N–H and O–H groups in total. The first-order valence-corrected chi connectivity index (χ1v) is 16.4. The van der Waals surface area contributed by atoms with Crippen LogP contribution in [-0.4, -0.2) is 13.0 Å². The van der Waals surface area contributed by atoms with E-state index in [2.05, 4.69) is 93.6 Å². The summed E-state index contributed by atoms with van der Waals surface area (Å²) < 4.78 is 0. The molecule has 2 aliphatic rings. The van der Waals surface area contributed by atoms with Crippen LogP contribution in [0.3, 0.4) is 0 Å². The summed E-state index contributed by atoms with van der Waals surface area (Å²) in [6.45, 7) is 12.3. The van der Waals surface area contributed by atoms with Crippen LogP contribution in [0.5, 0.6) is 0 Å². The number of allylic oxidation sites excluding steroid dienone is 1. The van der Waals surface area contributed by atoms with Gasteiger partial charge in [0.15, 0.2) is 0 Å². The molecule has 0 spiro atoms. The molecule has 3 aromatic carbocycles. The third-order valence-electron chi connectivity index (χ3n) is 8.59. The van der Waals surface area contributed by atoms with Gasteiger partial charge in [-0.25, -0.2) is 0 Å². The lowest BCUT2D eigenvalue weighted by Crippen LogP contribution is -2.46. The summed E-state index contributed by atoms with van der Waals surface area (Å²) in [5.74, 6) is 0.599. The highest BCUT2D eigenvalue weighted by Crippen LogP contribution is 2.45. The Morgan fingerprint density at radius 2 is 1.60 bits per heavy atom. The first-order valence-electron chi connectivity index (χ1n) is 15.8. The van der Waals surface area contributed by atoms with Crippen molar-refractivity contribution >= 4 is 26.5 Å². The van der Waals surface area contributed by atoms with Crippen LogP contribution in [-0.2, 0) is 11.2 Å². The number of nitrogens with one attached hydrogen (secondary N) is 3. The second kappa shape index (κ2) is 16.1. The Labute approximate surface area is 258 Å². The van der Waals surface area contributed by atoms with Crippen molar-refractivity contribution in [1.82, 2.24) is 16.0 Å². The van der Waals surface area contributed by atoms with Gasteiger partial charge in [-0.2, -0.15) is 0 Å². The highest BCUT2D eigenvalue weighted by atomic mass is 31.0. The lowest BCUT2D eigenvalue weighted by molar-refractivity contribution is -0.134. The average molecular weight is 588 g/mol. The van der Waals surface area contributed by atoms with Crippen LogP contribution >= 0.6 is 9.24 Å². The van der Waals surface area contributed by atoms with Crippen LogP contribution in [0.4, 0.5) is 0 Å². The van der Waals surface area contributed by atoms with Crippen molar-refractivity contribution in [1.29, 1.82) is 0 Å². The monoisotopic (exact) mass is 587 g/mol. The largest absolute Gasteiger partial charge is 0.369 e. The van der Waals surface area contributed by atoms with E-state index in [1.54, 1.807) is 0 Å². The summed E-state index contributed by atoms with van der Waals surface area (Å²) in [7, 11) is 4.86. The molecule has 0 radical (unpaired) electrons. The normalized spacial score (nSPS) is 21.6. The highest BCUT2D eigenvalue weighted by Gasteiger charge is 2.43. The summed E-state index contributed by atoms with van der Waals surface area (Å²) in [6, 6.07) is 25.3. The Morgan fingerprint density at radius 3 is 2.19 bits per heavy atom. The van der Waals surface area contributed by atoms with Crippen molar-refractivity contribution in [3.63, 3.8) is 0 Å². The number of carbonyl (C=O) groups excluding carboxylic acids is 1. The zero-order chi connectivity index (χ0) is 30.7. The van der Waals surface area contributed by atoms with E-state index in [-0.39, 0.29) is 19.5 Å². The molecule has 42 heavy (non-hydrogen) atoms. The van der Waals surface area contributed by atoms with E-state index in [1.807, 2.05) is 59.0 Å². The molecule has 0 bridgehead atoms. The lowest BCUT2D eigenvalue weighted by atomic mass is 9.66. The number of hydrogen-bond acceptors (Lipinski definition) is 3. The van der Waals surface area contributed by atoms with Crippen LogP contribution in [0.15, 0.2) is 78.5 Å². The number of aryl methyl sites for hydroxylation is 1. The van der Waals surface area contributed by atoms with Gasteiger partial charge >= 0.3 is 0 Å². The Morgan fingerprint density at radius 1 is 1.00 bits per heavy atom. The third kappa shape index (κ3) is 7.91. The molecule has 1 fully saturated rings. The smallest absolute Gasteiger partial charge is 0.227 e. The molecule has 0 saturated heterocycles. The predicted octanol–water partition coefficient (Wildman–Crippen LogP) is 8.25. The second-order valence-electron chi connectivity index (χ2n) is 11.1. The Bertz CT molecular complexity index is 1300. The van der Waals surface area contributed by atoms with E-state index in [1.165, 1.54) is 33.3 Å². The maximum atomic E-state index is 14.0. The van der Waals surface area contributed by atoms with Gasteiger partial charge in [-0.1, -0.05) is 94.4 Å². The highest BCUT2D eigenvalue weighted by molar-refractivity contribution is 7.27. The van der Waals surface area contributed by atoms with Gasteiger partial charge < -0.3 is 10.6 Å². The molecule has 1 aliphatic heterocycles. The van der Waals surface area contributed by atoms with Crippen LogP contribution in [0, 0.1) is 18.3 Å². The van der Waals surface area contributed by atoms with Crippen molar-refractivity contribution in [2.75, 3.05) is 7.05 Å². The minimum atomic E-state index is -0.401. The third-order valence-corrected chi connectivity index (χ3v) is 9.21. The zero-order valence-electron chi connectivity index (χ0n) is 26.8. The second-order valence-corrected chi connectivity index (χ2v) is 11.7. The fourth-order valence-corrected chi connectivity index (χ4v) is 6.45. The molecule has 1 amide bonds. The number of fused-ring (bicyclic) bond motifs is 1. The van der Waals surface area contributed by atoms with E-state index < -0.39 is 5.41 Å². The minimum Gasteiger partial charge on any atom is -0.369 e. The SMILES string of the molecule is CC.CC.CNC1NC(C2CCC(Cc3ccccc3)(C(=O)N[C@@H](C)c3ccccc3)CC2)=Cc2cc(C)c(P)cc21.[HH]. The fourth-order valence-electron chi connectivity index (χ4n) is 6.18. The standard InChI is InChI=1S/C33H40N3OP.2C2H6.H2/c1-22-18-27-19-29(36-31(34-3)28(27)20-30(22)38)26-14-16-33(17-15-26,21-24-10-6-4-7-11-24)32(37)35-23(2)25-12-8-5-9-13-25;2*1-2;/h4-13,18-20,23,26,31,34,36H,14-17,21,38H2,1-3H3,(H,35,37);2*1-2H3;1H/t23-,26?,31?,33?;;;/m0.../s1. The molecule has 1 saturated carbocycles. The summed E-state index contributed by atoms with van der Waals surface area (Å²) in [6.07, 6.45) is 6.94. The molecule has 228 valence electrons. The zero-order valence-corrected chi connectivity index (χ0v) is 27.9. The lowest BCUT2D eigenvalue weighted by Gasteiger charge is -2.42. The number of carbonyl (C=O) groups is 1.